The molecular weight excluding hydrogens is 326 g/mol. The summed E-state index contributed by atoms with van der Waals surface area (Å²) in [7, 11) is 1.83. The van der Waals surface area contributed by atoms with Gasteiger partial charge in [-0.3, -0.25) is 9.59 Å². The molecule has 4 nitrogen and oxygen atoms in total. The van der Waals surface area contributed by atoms with Crippen LogP contribution >= 0.6 is 0 Å². The van der Waals surface area contributed by atoms with Gasteiger partial charge in [0.05, 0.1) is 0 Å². The molecular formula is C22H35NO3. The van der Waals surface area contributed by atoms with E-state index >= 15 is 0 Å². The van der Waals surface area contributed by atoms with Crippen molar-refractivity contribution >= 4 is 17.4 Å². The maximum Gasteiger partial charge on any atom is 0.226 e. The Labute approximate surface area is 158 Å². The second-order valence-electron chi connectivity index (χ2n) is 7.14. The van der Waals surface area contributed by atoms with Crippen molar-refractivity contribution in [2.45, 2.75) is 65.2 Å². The molecule has 0 spiro atoms. The second-order valence-corrected chi connectivity index (χ2v) is 7.14. The maximum absolute atomic E-state index is 12.1. The SMILES string of the molecule is CC(C)C(=O)CCCCCOCCCCCC(=O)N(C)c1ccccc1. The summed E-state index contributed by atoms with van der Waals surface area (Å²) in [5, 5.41) is 0. The molecule has 1 rings (SSSR count). The standard InChI is InChI=1S/C22H35NO3/c1-19(2)21(24)15-9-5-11-17-26-18-12-6-10-16-22(25)23(3)20-13-7-4-8-14-20/h4,7-8,13-14,19H,5-6,9-12,15-18H2,1-3H3. The van der Waals surface area contributed by atoms with E-state index in [2.05, 4.69) is 0 Å². The van der Waals surface area contributed by atoms with Crippen molar-refractivity contribution < 1.29 is 14.3 Å². The minimum absolute atomic E-state index is 0.158. The van der Waals surface area contributed by atoms with Gasteiger partial charge in [0.1, 0.15) is 5.78 Å². The Kier molecular flexibility index (Phi) is 11.6. The first kappa shape index (κ1) is 22.4. The molecule has 0 heterocycles. The van der Waals surface area contributed by atoms with Gasteiger partial charge in [-0.15, -0.1) is 0 Å². The van der Waals surface area contributed by atoms with E-state index in [4.69, 9.17) is 4.74 Å². The van der Waals surface area contributed by atoms with Crippen LogP contribution in [0.25, 0.3) is 0 Å². The van der Waals surface area contributed by atoms with Gasteiger partial charge in [0.2, 0.25) is 5.91 Å². The van der Waals surface area contributed by atoms with Crippen LogP contribution in [-0.2, 0) is 14.3 Å². The van der Waals surface area contributed by atoms with Crippen molar-refractivity contribution in [2.24, 2.45) is 5.92 Å². The highest BCUT2D eigenvalue weighted by Crippen LogP contribution is 2.13. The summed E-state index contributed by atoms with van der Waals surface area (Å²) >= 11 is 0. The smallest absolute Gasteiger partial charge is 0.226 e. The number of carbonyl (C=O) groups is 2. The predicted molar refractivity (Wildman–Crippen MR) is 107 cm³/mol. The third-order valence-electron chi connectivity index (χ3n) is 4.55. The summed E-state index contributed by atoms with van der Waals surface area (Å²) in [5.41, 5.74) is 0.941. The number of rotatable bonds is 14. The lowest BCUT2D eigenvalue weighted by atomic mass is 10.0. The monoisotopic (exact) mass is 361 g/mol. The molecule has 0 atom stereocenters. The number of nitrogens with zero attached hydrogens (tertiary/aromatic N) is 1. The highest BCUT2D eigenvalue weighted by molar-refractivity contribution is 5.92. The van der Waals surface area contributed by atoms with Crippen molar-refractivity contribution in [2.75, 3.05) is 25.2 Å². The van der Waals surface area contributed by atoms with Gasteiger partial charge in [-0.25, -0.2) is 0 Å². The fraction of sp³-hybridized carbons (Fsp3) is 0.636. The molecule has 0 aliphatic carbocycles. The molecule has 0 aliphatic rings. The number of ether oxygens (including phenoxy) is 1. The highest BCUT2D eigenvalue weighted by atomic mass is 16.5. The van der Waals surface area contributed by atoms with Crippen LogP contribution in [0.15, 0.2) is 30.3 Å². The minimum Gasteiger partial charge on any atom is -0.381 e. The summed E-state index contributed by atoms with van der Waals surface area (Å²) in [6.07, 6.45) is 7.22. The zero-order chi connectivity index (χ0) is 19.2. The molecule has 1 aromatic rings. The van der Waals surface area contributed by atoms with E-state index in [0.29, 0.717) is 18.6 Å². The van der Waals surface area contributed by atoms with E-state index in [9.17, 15) is 9.59 Å². The second kappa shape index (κ2) is 13.5. The number of anilines is 1. The van der Waals surface area contributed by atoms with Crippen molar-refractivity contribution in [1.82, 2.24) is 0 Å². The molecule has 0 saturated carbocycles. The Balaban J connectivity index is 1.93. The minimum atomic E-state index is 0.158. The van der Waals surface area contributed by atoms with Crippen LogP contribution < -0.4 is 4.90 Å². The van der Waals surface area contributed by atoms with Crippen molar-refractivity contribution in [3.8, 4) is 0 Å². The van der Waals surface area contributed by atoms with Gasteiger partial charge < -0.3 is 9.64 Å². The van der Waals surface area contributed by atoms with Crippen LogP contribution in [0.3, 0.4) is 0 Å². The molecule has 146 valence electrons. The van der Waals surface area contributed by atoms with E-state index in [1.165, 1.54) is 0 Å². The first-order chi connectivity index (χ1) is 12.5. The molecule has 0 saturated heterocycles. The van der Waals surface area contributed by atoms with Crippen molar-refractivity contribution in [3.05, 3.63) is 30.3 Å². The van der Waals surface area contributed by atoms with Gasteiger partial charge in [0.15, 0.2) is 0 Å². The third-order valence-corrected chi connectivity index (χ3v) is 4.55. The average Bonchev–Trinajstić information content (AvgIpc) is 2.65. The van der Waals surface area contributed by atoms with Crippen LogP contribution in [0, 0.1) is 5.92 Å². The zero-order valence-electron chi connectivity index (χ0n) is 16.7. The molecule has 26 heavy (non-hydrogen) atoms. The molecule has 1 amide bonds. The summed E-state index contributed by atoms with van der Waals surface area (Å²) in [6, 6.07) is 9.74. The Morgan fingerprint density at radius 1 is 0.885 bits per heavy atom. The molecule has 0 aliphatic heterocycles. The number of benzene rings is 1. The van der Waals surface area contributed by atoms with Crippen LogP contribution in [0.2, 0.25) is 0 Å². The van der Waals surface area contributed by atoms with Crippen LogP contribution in [-0.4, -0.2) is 32.0 Å². The fourth-order valence-corrected chi connectivity index (χ4v) is 2.69. The Bertz CT molecular complexity index is 513. The first-order valence-corrected chi connectivity index (χ1v) is 9.94. The molecule has 0 unspecified atom stereocenters. The quantitative estimate of drug-likeness (QED) is 0.438. The number of amides is 1. The zero-order valence-corrected chi connectivity index (χ0v) is 16.7. The highest BCUT2D eigenvalue weighted by Gasteiger charge is 2.09. The molecule has 0 bridgehead atoms. The molecule has 0 N–H and O–H groups in total. The Morgan fingerprint density at radius 3 is 2.04 bits per heavy atom. The summed E-state index contributed by atoms with van der Waals surface area (Å²) < 4.78 is 5.63. The molecule has 0 fully saturated rings. The average molecular weight is 362 g/mol. The van der Waals surface area contributed by atoms with E-state index < -0.39 is 0 Å². The molecule has 1 aromatic carbocycles. The van der Waals surface area contributed by atoms with Crippen LogP contribution in [0.5, 0.6) is 0 Å². The number of hydrogen-bond donors (Lipinski definition) is 0. The van der Waals surface area contributed by atoms with E-state index in [-0.39, 0.29) is 11.8 Å². The van der Waals surface area contributed by atoms with Crippen LogP contribution in [0.4, 0.5) is 5.69 Å². The van der Waals surface area contributed by atoms with Gasteiger partial charge in [-0.1, -0.05) is 44.9 Å². The lowest BCUT2D eigenvalue weighted by molar-refractivity contribution is -0.122. The topological polar surface area (TPSA) is 46.6 Å². The summed E-state index contributed by atoms with van der Waals surface area (Å²) in [6.45, 7) is 5.44. The fourth-order valence-electron chi connectivity index (χ4n) is 2.69. The third kappa shape index (κ3) is 9.71. The molecule has 0 radical (unpaired) electrons. The Hall–Kier alpha value is -1.68. The number of ketones is 1. The first-order valence-electron chi connectivity index (χ1n) is 9.94. The lowest BCUT2D eigenvalue weighted by Gasteiger charge is -2.17. The number of para-hydroxylation sites is 1. The van der Waals surface area contributed by atoms with Gasteiger partial charge in [-0.05, 0) is 37.8 Å². The Morgan fingerprint density at radius 2 is 1.46 bits per heavy atom. The summed E-state index contributed by atoms with van der Waals surface area (Å²) in [4.78, 5) is 25.4. The summed E-state index contributed by atoms with van der Waals surface area (Å²) in [5.74, 6) is 0.678. The van der Waals surface area contributed by atoms with Gasteiger partial charge >= 0.3 is 0 Å². The van der Waals surface area contributed by atoms with Gasteiger partial charge in [0, 0.05) is 44.7 Å². The molecule has 0 aromatic heterocycles. The van der Waals surface area contributed by atoms with E-state index in [1.54, 1.807) is 4.90 Å². The van der Waals surface area contributed by atoms with Crippen LogP contribution in [0.1, 0.15) is 65.2 Å². The predicted octanol–water partition coefficient (Wildman–Crippen LogP) is 5.01. The number of unbranched alkanes of at least 4 members (excludes halogenated alkanes) is 4. The number of hydrogen-bond acceptors (Lipinski definition) is 3. The van der Waals surface area contributed by atoms with Crippen molar-refractivity contribution in [3.63, 3.8) is 0 Å². The van der Waals surface area contributed by atoms with Crippen molar-refractivity contribution in [1.29, 1.82) is 0 Å². The number of Topliss-reactive ketones (excluding diaryl/α,β-unsaturated/α-hetero) is 1. The van der Waals surface area contributed by atoms with E-state index in [0.717, 1.165) is 57.4 Å². The van der Waals surface area contributed by atoms with Gasteiger partial charge in [0.25, 0.3) is 0 Å². The molecule has 4 heteroatoms. The van der Waals surface area contributed by atoms with E-state index in [1.807, 2.05) is 51.2 Å². The number of carbonyl (C=O) groups excluding carboxylic acids is 2. The lowest BCUT2D eigenvalue weighted by Crippen LogP contribution is -2.25. The maximum atomic E-state index is 12.1. The van der Waals surface area contributed by atoms with Gasteiger partial charge in [-0.2, -0.15) is 0 Å². The normalized spacial score (nSPS) is 10.9. The largest absolute Gasteiger partial charge is 0.381 e.